The number of hydrogen-bond donors (Lipinski definition) is 0. The molecule has 0 amide bonds. The van der Waals surface area contributed by atoms with Crippen LogP contribution in [0.5, 0.6) is 5.75 Å². The number of halogens is 2. The summed E-state index contributed by atoms with van der Waals surface area (Å²) in [7, 11) is 0.694. The van der Waals surface area contributed by atoms with Gasteiger partial charge in [0.2, 0.25) is 0 Å². The average Bonchev–Trinajstić information content (AvgIpc) is 2.25. The summed E-state index contributed by atoms with van der Waals surface area (Å²) in [5.74, 6) is -5.65. The zero-order chi connectivity index (χ0) is 14.9. The van der Waals surface area contributed by atoms with E-state index in [1.807, 2.05) is 0 Å². The molecule has 102 valence electrons. The summed E-state index contributed by atoms with van der Waals surface area (Å²) < 4.78 is 31.2. The lowest BCUT2D eigenvalue weighted by Gasteiger charge is -2.05. The quantitative estimate of drug-likeness (QED) is 0.603. The monoisotopic (exact) mass is 279 g/mol. The van der Waals surface area contributed by atoms with Crippen molar-refractivity contribution in [3.8, 4) is 5.75 Å². The van der Waals surface area contributed by atoms with E-state index in [-0.39, 0.29) is 0 Å². The first kappa shape index (κ1) is 14.1. The highest BCUT2D eigenvalue weighted by Gasteiger charge is 2.44. The number of nitro benzene ring substituents is 3. The topological polar surface area (TPSA) is 139 Å². The Bertz CT molecular complexity index is 562. The molecule has 0 saturated carbocycles. The zero-order valence-electron chi connectivity index (χ0n) is 8.96. The molecular weight excluding hydrogens is 276 g/mol. The summed E-state index contributed by atoms with van der Waals surface area (Å²) in [5, 5.41) is 31.6. The van der Waals surface area contributed by atoms with Crippen LogP contribution in [-0.4, -0.2) is 21.9 Å². The van der Waals surface area contributed by atoms with Crippen molar-refractivity contribution in [2.24, 2.45) is 0 Å². The van der Waals surface area contributed by atoms with Crippen molar-refractivity contribution in [2.45, 2.75) is 0 Å². The van der Waals surface area contributed by atoms with Crippen molar-refractivity contribution in [1.82, 2.24) is 0 Å². The minimum Gasteiger partial charge on any atom is -0.485 e. The van der Waals surface area contributed by atoms with E-state index in [1.54, 1.807) is 0 Å². The van der Waals surface area contributed by atoms with E-state index in [1.165, 1.54) is 0 Å². The van der Waals surface area contributed by atoms with Gasteiger partial charge in [0.1, 0.15) is 0 Å². The van der Waals surface area contributed by atoms with E-state index in [9.17, 15) is 39.1 Å². The van der Waals surface area contributed by atoms with Crippen molar-refractivity contribution >= 4 is 17.1 Å². The molecule has 1 aromatic rings. The molecule has 0 saturated heterocycles. The number of hydrogen-bond acceptors (Lipinski definition) is 7. The third-order valence-electron chi connectivity index (χ3n) is 2.01. The van der Waals surface area contributed by atoms with Crippen molar-refractivity contribution in [3.63, 3.8) is 0 Å². The van der Waals surface area contributed by atoms with E-state index >= 15 is 0 Å². The van der Waals surface area contributed by atoms with Crippen molar-refractivity contribution in [2.75, 3.05) is 7.11 Å². The predicted molar refractivity (Wildman–Crippen MR) is 52.9 cm³/mol. The van der Waals surface area contributed by atoms with Gasteiger partial charge in [-0.05, 0) is 0 Å². The second-order valence-electron chi connectivity index (χ2n) is 2.98. The van der Waals surface area contributed by atoms with Crippen LogP contribution in [-0.2, 0) is 0 Å². The van der Waals surface area contributed by atoms with Gasteiger partial charge in [-0.25, -0.2) is 0 Å². The van der Waals surface area contributed by atoms with Crippen molar-refractivity contribution < 1.29 is 28.3 Å². The van der Waals surface area contributed by atoms with E-state index in [0.717, 1.165) is 0 Å². The summed E-state index contributed by atoms with van der Waals surface area (Å²) in [4.78, 5) is 27.0. The van der Waals surface area contributed by atoms with Gasteiger partial charge in [-0.1, -0.05) is 0 Å². The number of methoxy groups -OCH3 is 1. The molecule has 1 aromatic carbocycles. The van der Waals surface area contributed by atoms with Crippen LogP contribution in [0.4, 0.5) is 25.8 Å². The maximum absolute atomic E-state index is 13.5. The molecule has 0 aliphatic rings. The lowest BCUT2D eigenvalue weighted by Crippen LogP contribution is -2.08. The Balaban J connectivity index is 3.99. The highest BCUT2D eigenvalue weighted by molar-refractivity contribution is 5.67. The Morgan fingerprint density at radius 3 is 1.37 bits per heavy atom. The molecule has 0 aliphatic heterocycles. The van der Waals surface area contributed by atoms with Crippen molar-refractivity contribution in [3.05, 3.63) is 42.0 Å². The third-order valence-corrected chi connectivity index (χ3v) is 2.01. The number of benzene rings is 1. The molecule has 0 N–H and O–H groups in total. The Morgan fingerprint density at radius 2 is 1.16 bits per heavy atom. The fourth-order valence-electron chi connectivity index (χ4n) is 1.31. The van der Waals surface area contributed by atoms with Gasteiger partial charge >= 0.3 is 17.1 Å². The van der Waals surface area contributed by atoms with Gasteiger partial charge in [0.05, 0.1) is 21.9 Å². The lowest BCUT2D eigenvalue weighted by molar-refractivity contribution is -0.411. The first-order valence-corrected chi connectivity index (χ1v) is 4.26. The van der Waals surface area contributed by atoms with Crippen LogP contribution in [0, 0.1) is 42.0 Å². The predicted octanol–water partition coefficient (Wildman–Crippen LogP) is 1.70. The number of ether oxygens (including phenoxy) is 1. The molecule has 0 radical (unpaired) electrons. The fourth-order valence-corrected chi connectivity index (χ4v) is 1.31. The van der Waals surface area contributed by atoms with E-state index in [0.29, 0.717) is 7.11 Å². The molecule has 19 heavy (non-hydrogen) atoms. The first-order chi connectivity index (χ1) is 8.73. The Kier molecular flexibility index (Phi) is 3.54. The molecule has 0 fully saturated rings. The maximum atomic E-state index is 13.5. The van der Waals surface area contributed by atoms with E-state index in [4.69, 9.17) is 0 Å². The van der Waals surface area contributed by atoms with Crippen LogP contribution in [0.3, 0.4) is 0 Å². The molecule has 0 bridgehead atoms. The highest BCUT2D eigenvalue weighted by Crippen LogP contribution is 2.45. The number of rotatable bonds is 4. The summed E-state index contributed by atoms with van der Waals surface area (Å²) in [6, 6.07) is 0. The van der Waals surface area contributed by atoms with Gasteiger partial charge in [-0.2, -0.15) is 8.78 Å². The third kappa shape index (κ3) is 2.10. The second-order valence-corrected chi connectivity index (χ2v) is 2.98. The molecule has 0 aromatic heterocycles. The largest absolute Gasteiger partial charge is 0.485 e. The highest BCUT2D eigenvalue weighted by atomic mass is 19.1. The molecule has 10 nitrogen and oxygen atoms in total. The van der Waals surface area contributed by atoms with Gasteiger partial charge in [-0.3, -0.25) is 30.3 Å². The first-order valence-electron chi connectivity index (χ1n) is 4.26. The molecule has 12 heteroatoms. The van der Waals surface area contributed by atoms with Gasteiger partial charge in [0.25, 0.3) is 17.4 Å². The second kappa shape index (κ2) is 4.75. The standard InChI is InChI=1S/C7H3F2N3O7/c1-19-7-5(11(15)16)2(8)4(10(13)14)3(9)6(7)12(17)18/h1H3. The summed E-state index contributed by atoms with van der Waals surface area (Å²) in [5.41, 5.74) is -5.34. The van der Waals surface area contributed by atoms with E-state index < -0.39 is 49.2 Å². The molecular formula is C7H3F2N3O7. The van der Waals surface area contributed by atoms with Gasteiger partial charge in [-0.15, -0.1) is 0 Å². The zero-order valence-corrected chi connectivity index (χ0v) is 8.96. The van der Waals surface area contributed by atoms with Crippen LogP contribution < -0.4 is 4.74 Å². The normalized spacial score (nSPS) is 10.1. The minimum atomic E-state index is -2.16. The van der Waals surface area contributed by atoms with Crippen LogP contribution in [0.2, 0.25) is 0 Å². The van der Waals surface area contributed by atoms with Crippen molar-refractivity contribution in [1.29, 1.82) is 0 Å². The summed E-state index contributed by atoms with van der Waals surface area (Å²) >= 11 is 0. The average molecular weight is 279 g/mol. The Labute approximate surface area is 101 Å². The van der Waals surface area contributed by atoms with E-state index in [2.05, 4.69) is 4.74 Å². The number of nitrogens with zero attached hydrogens (tertiary/aromatic N) is 3. The lowest BCUT2D eigenvalue weighted by atomic mass is 10.2. The molecule has 0 spiro atoms. The Morgan fingerprint density at radius 1 is 0.842 bits per heavy atom. The summed E-state index contributed by atoms with van der Waals surface area (Å²) in [6.45, 7) is 0. The summed E-state index contributed by atoms with van der Waals surface area (Å²) in [6.07, 6.45) is 0. The number of nitro groups is 3. The molecule has 0 unspecified atom stereocenters. The van der Waals surface area contributed by atoms with Crippen LogP contribution >= 0.6 is 0 Å². The smallest absolute Gasteiger partial charge is 0.361 e. The van der Waals surface area contributed by atoms with Crippen LogP contribution in [0.15, 0.2) is 0 Å². The molecule has 0 aliphatic carbocycles. The van der Waals surface area contributed by atoms with Gasteiger partial charge in [0, 0.05) is 0 Å². The fraction of sp³-hybridized carbons (Fsp3) is 0.143. The van der Waals surface area contributed by atoms with Gasteiger partial charge in [0.15, 0.2) is 0 Å². The molecule has 1 rings (SSSR count). The Hall–Kier alpha value is -2.92. The van der Waals surface area contributed by atoms with Gasteiger partial charge < -0.3 is 4.74 Å². The molecule has 0 heterocycles. The maximum Gasteiger partial charge on any atom is 0.361 e. The van der Waals surface area contributed by atoms with Crippen LogP contribution in [0.25, 0.3) is 0 Å². The van der Waals surface area contributed by atoms with Crippen LogP contribution in [0.1, 0.15) is 0 Å². The minimum absolute atomic E-state index is 0.694. The molecule has 0 atom stereocenters. The SMILES string of the molecule is COc1c([N+](=O)[O-])c(F)c([N+](=O)[O-])c(F)c1[N+](=O)[O-].